The molecule has 0 unspecified atom stereocenters. The zero-order chi connectivity index (χ0) is 12.5. The third-order valence-corrected chi connectivity index (χ3v) is 4.48. The van der Waals surface area contributed by atoms with E-state index in [0.717, 1.165) is 46.8 Å². The summed E-state index contributed by atoms with van der Waals surface area (Å²) in [5.41, 5.74) is 1.91. The average molecular weight is 261 g/mol. The van der Waals surface area contributed by atoms with E-state index in [4.69, 9.17) is 0 Å². The molecule has 0 radical (unpaired) electrons. The van der Waals surface area contributed by atoms with Crippen LogP contribution in [0.25, 0.3) is 10.3 Å². The van der Waals surface area contributed by atoms with Crippen LogP contribution in [-0.2, 0) is 0 Å². The lowest BCUT2D eigenvalue weighted by Crippen LogP contribution is -2.27. The van der Waals surface area contributed by atoms with Gasteiger partial charge in [0.15, 0.2) is 5.78 Å². The highest BCUT2D eigenvalue weighted by Gasteiger charge is 2.18. The number of Topliss-reactive ketones (excluding diaryl/α,β-unsaturated/α-hetero) is 1. The lowest BCUT2D eigenvalue weighted by atomic mass is 9.95. The Morgan fingerprint density at radius 1 is 1.44 bits per heavy atom. The zero-order valence-electron chi connectivity index (χ0n) is 10.3. The Balaban J connectivity index is 1.96. The molecule has 94 valence electrons. The molecular weight excluding hydrogens is 246 g/mol. The van der Waals surface area contributed by atoms with Crippen molar-refractivity contribution in [3.05, 3.63) is 22.8 Å². The molecule has 0 aliphatic carbocycles. The van der Waals surface area contributed by atoms with Crippen molar-refractivity contribution < 1.29 is 4.79 Å². The van der Waals surface area contributed by atoms with Gasteiger partial charge in [0, 0.05) is 12.1 Å². The smallest absolute Gasteiger partial charge is 0.169 e. The van der Waals surface area contributed by atoms with Crippen molar-refractivity contribution in [2.75, 3.05) is 13.1 Å². The Bertz CT molecular complexity index is 587. The van der Waals surface area contributed by atoms with E-state index >= 15 is 0 Å². The minimum absolute atomic E-state index is 0.0863. The molecule has 0 amide bonds. The molecule has 1 fully saturated rings. The molecule has 1 saturated heterocycles. The fourth-order valence-electron chi connectivity index (χ4n) is 2.31. The Morgan fingerprint density at radius 3 is 2.94 bits per heavy atom. The van der Waals surface area contributed by atoms with Gasteiger partial charge in [-0.15, -0.1) is 11.3 Å². The Hall–Kier alpha value is -1.33. The van der Waals surface area contributed by atoms with Crippen LogP contribution in [0.5, 0.6) is 0 Å². The van der Waals surface area contributed by atoms with Gasteiger partial charge in [-0.3, -0.25) is 9.78 Å². The molecule has 0 bridgehead atoms. The summed E-state index contributed by atoms with van der Waals surface area (Å²) in [7, 11) is 0. The van der Waals surface area contributed by atoms with Gasteiger partial charge in [-0.1, -0.05) is 0 Å². The first-order chi connectivity index (χ1) is 8.74. The Morgan fingerprint density at radius 2 is 2.22 bits per heavy atom. The third-order valence-electron chi connectivity index (χ3n) is 3.36. The molecule has 0 saturated carbocycles. The van der Waals surface area contributed by atoms with E-state index in [-0.39, 0.29) is 5.78 Å². The van der Waals surface area contributed by atoms with Crippen molar-refractivity contribution in [1.82, 2.24) is 15.3 Å². The molecule has 1 N–H and O–H groups in total. The topological polar surface area (TPSA) is 54.9 Å². The highest BCUT2D eigenvalue weighted by atomic mass is 32.1. The second-order valence-electron chi connectivity index (χ2n) is 4.68. The molecule has 2 aromatic rings. The minimum Gasteiger partial charge on any atom is -0.317 e. The van der Waals surface area contributed by atoms with E-state index in [1.807, 2.05) is 12.3 Å². The van der Waals surface area contributed by atoms with Gasteiger partial charge in [0.1, 0.15) is 10.3 Å². The quantitative estimate of drug-likeness (QED) is 0.843. The molecule has 4 nitrogen and oxygen atoms in total. The van der Waals surface area contributed by atoms with E-state index in [9.17, 15) is 4.79 Å². The molecule has 0 aromatic carbocycles. The first-order valence-corrected chi connectivity index (χ1v) is 7.04. The van der Waals surface area contributed by atoms with Crippen LogP contribution in [0.2, 0.25) is 0 Å². The van der Waals surface area contributed by atoms with E-state index in [2.05, 4.69) is 15.3 Å². The first-order valence-electron chi connectivity index (χ1n) is 6.22. The maximum absolute atomic E-state index is 11.3. The molecule has 0 atom stereocenters. The van der Waals surface area contributed by atoms with Crippen LogP contribution in [0.4, 0.5) is 0 Å². The number of nitrogens with one attached hydrogen (secondary N) is 1. The third kappa shape index (κ3) is 2.15. The van der Waals surface area contributed by atoms with Gasteiger partial charge in [0.25, 0.3) is 0 Å². The van der Waals surface area contributed by atoms with Gasteiger partial charge in [0.2, 0.25) is 0 Å². The fourth-order valence-corrected chi connectivity index (χ4v) is 3.20. The number of rotatable bonds is 2. The summed E-state index contributed by atoms with van der Waals surface area (Å²) in [4.78, 5) is 22.1. The summed E-state index contributed by atoms with van der Waals surface area (Å²) < 4.78 is 0. The minimum atomic E-state index is 0.0863. The number of piperidine rings is 1. The number of aromatic nitrogens is 2. The van der Waals surface area contributed by atoms with Crippen LogP contribution in [0.1, 0.15) is 41.0 Å². The molecular formula is C13H15N3OS. The second kappa shape index (κ2) is 4.74. The van der Waals surface area contributed by atoms with Crippen molar-refractivity contribution in [2.45, 2.75) is 25.7 Å². The van der Waals surface area contributed by atoms with Crippen molar-refractivity contribution in [1.29, 1.82) is 0 Å². The molecule has 1 aliphatic rings. The number of thiophene rings is 1. The average Bonchev–Trinajstić information content (AvgIpc) is 2.82. The van der Waals surface area contributed by atoms with E-state index in [0.29, 0.717) is 5.92 Å². The van der Waals surface area contributed by atoms with E-state index < -0.39 is 0 Å². The fraction of sp³-hybridized carbons (Fsp3) is 0.462. The predicted octanol–water partition coefficient (Wildman–Crippen LogP) is 2.36. The number of carbonyl (C=O) groups is 1. The van der Waals surface area contributed by atoms with Crippen molar-refractivity contribution in [2.24, 2.45) is 0 Å². The van der Waals surface area contributed by atoms with Gasteiger partial charge in [-0.2, -0.15) is 0 Å². The van der Waals surface area contributed by atoms with Crippen LogP contribution in [-0.4, -0.2) is 28.8 Å². The van der Waals surface area contributed by atoms with Crippen molar-refractivity contribution >= 4 is 27.5 Å². The van der Waals surface area contributed by atoms with Crippen LogP contribution >= 0.6 is 11.3 Å². The molecule has 18 heavy (non-hydrogen) atoms. The highest BCUT2D eigenvalue weighted by molar-refractivity contribution is 7.20. The number of hydrogen-bond donors (Lipinski definition) is 1. The number of nitrogens with zero attached hydrogens (tertiary/aromatic N) is 2. The monoisotopic (exact) mass is 261 g/mol. The Kier molecular flexibility index (Phi) is 3.09. The maximum atomic E-state index is 11.3. The summed E-state index contributed by atoms with van der Waals surface area (Å²) in [6.07, 6.45) is 4.10. The largest absolute Gasteiger partial charge is 0.317 e. The molecule has 3 heterocycles. The van der Waals surface area contributed by atoms with Gasteiger partial charge in [-0.25, -0.2) is 4.98 Å². The summed E-state index contributed by atoms with van der Waals surface area (Å²) in [5, 5.41) is 3.35. The summed E-state index contributed by atoms with van der Waals surface area (Å²) in [6, 6.07) is 1.83. The van der Waals surface area contributed by atoms with Crippen LogP contribution in [0.15, 0.2) is 12.3 Å². The molecule has 1 aliphatic heterocycles. The number of hydrogen-bond acceptors (Lipinski definition) is 5. The van der Waals surface area contributed by atoms with Crippen LogP contribution < -0.4 is 5.32 Å². The lowest BCUT2D eigenvalue weighted by molar-refractivity contribution is 0.102. The van der Waals surface area contributed by atoms with Crippen molar-refractivity contribution in [3.8, 4) is 0 Å². The SMILES string of the molecule is CC(=O)c1cc2ncc(C3CCNCC3)nc2s1. The maximum Gasteiger partial charge on any atom is 0.169 e. The molecule has 0 spiro atoms. The van der Waals surface area contributed by atoms with Gasteiger partial charge in [0.05, 0.1) is 10.6 Å². The lowest BCUT2D eigenvalue weighted by Gasteiger charge is -2.21. The summed E-state index contributed by atoms with van der Waals surface area (Å²) >= 11 is 1.44. The highest BCUT2D eigenvalue weighted by Crippen LogP contribution is 2.27. The first kappa shape index (κ1) is 11.7. The predicted molar refractivity (Wildman–Crippen MR) is 72.3 cm³/mol. The molecule has 2 aromatic heterocycles. The standard InChI is InChI=1S/C13H15N3OS/c1-8(17)12-6-10-13(18-12)16-11(7-15-10)9-2-4-14-5-3-9/h6-7,9,14H,2-5H2,1H3. The van der Waals surface area contributed by atoms with Gasteiger partial charge < -0.3 is 5.32 Å². The van der Waals surface area contributed by atoms with E-state index in [1.165, 1.54) is 11.3 Å². The van der Waals surface area contributed by atoms with Gasteiger partial charge in [-0.05, 0) is 38.9 Å². The van der Waals surface area contributed by atoms with Crippen molar-refractivity contribution in [3.63, 3.8) is 0 Å². The normalized spacial score (nSPS) is 17.2. The van der Waals surface area contributed by atoms with Crippen LogP contribution in [0.3, 0.4) is 0 Å². The summed E-state index contributed by atoms with van der Waals surface area (Å²) in [6.45, 7) is 3.68. The van der Waals surface area contributed by atoms with E-state index in [1.54, 1.807) is 6.92 Å². The molecule has 5 heteroatoms. The molecule has 3 rings (SSSR count). The number of ketones is 1. The Labute approximate surface area is 109 Å². The summed E-state index contributed by atoms with van der Waals surface area (Å²) in [5.74, 6) is 0.592. The number of fused-ring (bicyclic) bond motifs is 1. The second-order valence-corrected chi connectivity index (χ2v) is 5.71. The number of carbonyl (C=O) groups excluding carboxylic acids is 1. The van der Waals surface area contributed by atoms with Gasteiger partial charge >= 0.3 is 0 Å². The zero-order valence-corrected chi connectivity index (χ0v) is 11.1. The van der Waals surface area contributed by atoms with Crippen LogP contribution in [0, 0.1) is 0 Å².